The van der Waals surface area contributed by atoms with Crippen molar-refractivity contribution in [1.82, 2.24) is 5.32 Å². The maximum absolute atomic E-state index is 10.8. The lowest BCUT2D eigenvalue weighted by Crippen LogP contribution is -2.50. The first-order chi connectivity index (χ1) is 6.31. The molecule has 5 nitrogen and oxygen atoms in total. The van der Waals surface area contributed by atoms with Crippen molar-refractivity contribution in [2.75, 3.05) is 0 Å². The fourth-order valence-electron chi connectivity index (χ4n) is 1.07. The van der Waals surface area contributed by atoms with Gasteiger partial charge in [-0.15, -0.1) is 0 Å². The second kappa shape index (κ2) is 4.99. The molecule has 0 radical (unpaired) electrons. The van der Waals surface area contributed by atoms with Gasteiger partial charge in [0.25, 0.3) is 0 Å². The Morgan fingerprint density at radius 1 is 1.50 bits per heavy atom. The van der Waals surface area contributed by atoms with Gasteiger partial charge in [-0.25, -0.2) is 4.79 Å². The highest BCUT2D eigenvalue weighted by atomic mass is 32.2. The van der Waals surface area contributed by atoms with E-state index in [-0.39, 0.29) is 5.12 Å². The summed E-state index contributed by atoms with van der Waals surface area (Å²) in [4.78, 5) is 31.8. The molecule has 0 aromatic carbocycles. The zero-order chi connectivity index (χ0) is 11.4. The monoisotopic (exact) mass is 219 g/mol. The van der Waals surface area contributed by atoms with Crippen LogP contribution in [-0.4, -0.2) is 33.4 Å². The van der Waals surface area contributed by atoms with E-state index in [4.69, 9.17) is 5.11 Å². The van der Waals surface area contributed by atoms with Crippen molar-refractivity contribution in [3.63, 3.8) is 0 Å². The van der Waals surface area contributed by atoms with Crippen LogP contribution in [0.15, 0.2) is 0 Å². The zero-order valence-electron chi connectivity index (χ0n) is 8.23. The molecular formula is C8H13NO4S. The Bertz CT molecular complexity index is 252. The van der Waals surface area contributed by atoms with E-state index in [1.165, 1.54) is 6.92 Å². The van der Waals surface area contributed by atoms with Crippen molar-refractivity contribution >= 4 is 29.3 Å². The molecule has 0 bridgehead atoms. The predicted molar refractivity (Wildman–Crippen MR) is 53.0 cm³/mol. The predicted octanol–water partition coefficient (Wildman–Crippen LogP) is 0.244. The van der Waals surface area contributed by atoms with Gasteiger partial charge in [0.05, 0.1) is 0 Å². The fourth-order valence-corrected chi connectivity index (χ4v) is 2.09. The van der Waals surface area contributed by atoms with Crippen molar-refractivity contribution in [1.29, 1.82) is 0 Å². The van der Waals surface area contributed by atoms with Crippen LogP contribution in [0.1, 0.15) is 20.8 Å². The first-order valence-electron chi connectivity index (χ1n) is 3.93. The number of thioether (sulfide) groups is 1. The van der Waals surface area contributed by atoms with Gasteiger partial charge in [0.15, 0.2) is 5.12 Å². The highest BCUT2D eigenvalue weighted by molar-refractivity contribution is 8.14. The first kappa shape index (κ1) is 13.0. The largest absolute Gasteiger partial charge is 0.480 e. The van der Waals surface area contributed by atoms with Crippen molar-refractivity contribution < 1.29 is 19.5 Å². The van der Waals surface area contributed by atoms with Gasteiger partial charge >= 0.3 is 5.97 Å². The van der Waals surface area contributed by atoms with E-state index in [0.29, 0.717) is 6.41 Å². The molecule has 0 unspecified atom stereocenters. The molecule has 0 aromatic heterocycles. The molecule has 0 saturated carbocycles. The quantitative estimate of drug-likeness (QED) is 0.647. The van der Waals surface area contributed by atoms with Crippen LogP contribution >= 0.6 is 11.8 Å². The topological polar surface area (TPSA) is 83.5 Å². The molecule has 2 N–H and O–H groups in total. The highest BCUT2D eigenvalue weighted by Gasteiger charge is 2.36. The molecule has 0 aromatic rings. The Balaban J connectivity index is 4.69. The summed E-state index contributed by atoms with van der Waals surface area (Å²) < 4.78 is -0.863. The Hall–Kier alpha value is -1.04. The van der Waals surface area contributed by atoms with Gasteiger partial charge in [0, 0.05) is 11.7 Å². The van der Waals surface area contributed by atoms with Crippen LogP contribution in [0, 0.1) is 0 Å². The molecule has 0 saturated heterocycles. The van der Waals surface area contributed by atoms with Gasteiger partial charge in [-0.3, -0.25) is 9.59 Å². The van der Waals surface area contributed by atoms with Crippen LogP contribution in [0.4, 0.5) is 0 Å². The summed E-state index contributed by atoms with van der Waals surface area (Å²) in [6.07, 6.45) is 0.321. The van der Waals surface area contributed by atoms with E-state index in [2.05, 4.69) is 5.32 Å². The minimum Gasteiger partial charge on any atom is -0.480 e. The van der Waals surface area contributed by atoms with E-state index in [9.17, 15) is 14.4 Å². The number of carboxylic acids is 1. The molecule has 0 spiro atoms. The van der Waals surface area contributed by atoms with Crippen LogP contribution in [0.2, 0.25) is 0 Å². The Labute approximate surface area is 86.2 Å². The third kappa shape index (κ3) is 3.78. The number of nitrogens with one attached hydrogen (secondary N) is 1. The van der Waals surface area contributed by atoms with Crippen molar-refractivity contribution in [3.05, 3.63) is 0 Å². The summed E-state index contributed by atoms with van der Waals surface area (Å²) in [7, 11) is 0. The molecule has 0 aliphatic rings. The smallest absolute Gasteiger partial charge is 0.327 e. The number of aliphatic carboxylic acids is 1. The van der Waals surface area contributed by atoms with Gasteiger partial charge < -0.3 is 10.4 Å². The lowest BCUT2D eigenvalue weighted by Gasteiger charge is -2.28. The third-order valence-corrected chi connectivity index (χ3v) is 2.63. The average Bonchev–Trinajstić information content (AvgIpc) is 1.96. The summed E-state index contributed by atoms with van der Waals surface area (Å²) in [5.41, 5.74) is 0. The third-order valence-electron chi connectivity index (χ3n) is 1.58. The molecule has 0 heterocycles. The number of carbonyl (C=O) groups excluding carboxylic acids is 2. The van der Waals surface area contributed by atoms with Crippen molar-refractivity contribution in [3.8, 4) is 0 Å². The lowest BCUT2D eigenvalue weighted by atomic mass is 10.0. The first-order valence-corrected chi connectivity index (χ1v) is 4.75. The summed E-state index contributed by atoms with van der Waals surface area (Å²) in [5, 5.41) is 10.8. The lowest BCUT2D eigenvalue weighted by molar-refractivity contribution is -0.141. The van der Waals surface area contributed by atoms with E-state index in [0.717, 1.165) is 11.8 Å². The minimum absolute atomic E-state index is 0.186. The second-order valence-electron chi connectivity index (χ2n) is 3.25. The molecular weight excluding hydrogens is 206 g/mol. The maximum Gasteiger partial charge on any atom is 0.327 e. The van der Waals surface area contributed by atoms with Gasteiger partial charge in [-0.2, -0.15) is 0 Å². The number of hydrogen-bond donors (Lipinski definition) is 2. The normalized spacial score (nSPS) is 13.1. The minimum atomic E-state index is -1.16. The van der Waals surface area contributed by atoms with Crippen LogP contribution < -0.4 is 5.32 Å². The summed E-state index contributed by atoms with van der Waals surface area (Å²) in [5.74, 6) is -1.16. The molecule has 6 heteroatoms. The van der Waals surface area contributed by atoms with Crippen LogP contribution in [0.5, 0.6) is 0 Å². The number of carbonyl (C=O) groups is 3. The molecule has 0 rings (SSSR count). The molecule has 1 atom stereocenters. The Morgan fingerprint density at radius 2 is 2.00 bits per heavy atom. The number of rotatable bonds is 5. The highest BCUT2D eigenvalue weighted by Crippen LogP contribution is 2.28. The van der Waals surface area contributed by atoms with Gasteiger partial charge in [-0.1, -0.05) is 11.8 Å². The molecule has 14 heavy (non-hydrogen) atoms. The molecule has 0 aliphatic heterocycles. The van der Waals surface area contributed by atoms with E-state index >= 15 is 0 Å². The zero-order valence-corrected chi connectivity index (χ0v) is 9.05. The van der Waals surface area contributed by atoms with E-state index < -0.39 is 16.8 Å². The molecule has 80 valence electrons. The molecule has 0 fully saturated rings. The SMILES string of the molecule is CC(=O)SC(C)(C)[C@H](NC=O)C(=O)O. The number of hydrogen-bond acceptors (Lipinski definition) is 4. The Kier molecular flexibility index (Phi) is 4.62. The van der Waals surface area contributed by atoms with Gasteiger partial charge in [0.2, 0.25) is 6.41 Å². The van der Waals surface area contributed by atoms with Gasteiger partial charge in [0.1, 0.15) is 6.04 Å². The number of carboxylic acid groups (broad SMARTS) is 1. The van der Waals surface area contributed by atoms with Crippen molar-refractivity contribution in [2.45, 2.75) is 31.6 Å². The van der Waals surface area contributed by atoms with Crippen LogP contribution in [0.3, 0.4) is 0 Å². The average molecular weight is 219 g/mol. The summed E-state index contributed by atoms with van der Waals surface area (Å²) >= 11 is 0.892. The van der Waals surface area contributed by atoms with E-state index in [1.54, 1.807) is 13.8 Å². The van der Waals surface area contributed by atoms with E-state index in [1.807, 2.05) is 0 Å². The molecule has 0 aliphatic carbocycles. The molecule has 1 amide bonds. The standard InChI is InChI=1S/C8H13NO4S/c1-5(11)14-8(2,3)6(7(12)13)9-4-10/h4,6H,1-3H3,(H,9,10)(H,12,13)/t6-/m1/s1. The Morgan fingerprint density at radius 3 is 2.29 bits per heavy atom. The van der Waals surface area contributed by atoms with Crippen LogP contribution in [-0.2, 0) is 14.4 Å². The van der Waals surface area contributed by atoms with Gasteiger partial charge in [-0.05, 0) is 13.8 Å². The number of amides is 1. The summed E-state index contributed by atoms with van der Waals surface area (Å²) in [6, 6.07) is -1.08. The van der Waals surface area contributed by atoms with Crippen LogP contribution in [0.25, 0.3) is 0 Å². The second-order valence-corrected chi connectivity index (χ2v) is 5.08. The van der Waals surface area contributed by atoms with Crippen molar-refractivity contribution in [2.24, 2.45) is 0 Å². The maximum atomic E-state index is 10.8. The summed E-state index contributed by atoms with van der Waals surface area (Å²) in [6.45, 7) is 4.54. The fraction of sp³-hybridized carbons (Fsp3) is 0.625.